The molecule has 3 aliphatic rings. The molecule has 23 heavy (non-hydrogen) atoms. The molecule has 6 heteroatoms. The number of carbonyl (C=O) groups excluding carboxylic acids is 1. The number of rotatable bonds is 5. The number of hydrogen-bond donors (Lipinski definition) is 1. The lowest BCUT2D eigenvalue weighted by atomic mass is 9.97. The SMILES string of the molecule is O=C(OC1C[C@@H]2[C@H]3O[C@@H]3[C@H](C1)N2CBr)[C@@H](CO)c1ccccc1. The number of esters is 1. The zero-order valence-corrected chi connectivity index (χ0v) is 14.3. The van der Waals surface area contributed by atoms with E-state index in [9.17, 15) is 9.90 Å². The van der Waals surface area contributed by atoms with Crippen LogP contribution in [-0.4, -0.2) is 58.4 Å². The quantitative estimate of drug-likeness (QED) is 0.363. The largest absolute Gasteiger partial charge is 0.462 e. The lowest BCUT2D eigenvalue weighted by Crippen LogP contribution is -2.49. The van der Waals surface area contributed by atoms with Crippen molar-refractivity contribution in [1.29, 1.82) is 0 Å². The number of alkyl halides is 1. The summed E-state index contributed by atoms with van der Waals surface area (Å²) in [6.07, 6.45) is 2.15. The van der Waals surface area contributed by atoms with Crippen LogP contribution in [0.2, 0.25) is 0 Å². The van der Waals surface area contributed by atoms with E-state index in [0.29, 0.717) is 24.3 Å². The molecule has 0 aromatic heterocycles. The Hall–Kier alpha value is -0.950. The molecule has 1 aromatic rings. The number of epoxide rings is 1. The van der Waals surface area contributed by atoms with E-state index in [2.05, 4.69) is 20.8 Å². The summed E-state index contributed by atoms with van der Waals surface area (Å²) in [5.74, 6) is -0.932. The number of hydrogen-bond acceptors (Lipinski definition) is 5. The molecule has 4 rings (SSSR count). The second kappa shape index (κ2) is 6.16. The molecule has 0 spiro atoms. The topological polar surface area (TPSA) is 62.3 Å². The Morgan fingerprint density at radius 1 is 1.30 bits per heavy atom. The highest BCUT2D eigenvalue weighted by Gasteiger charge is 2.63. The minimum atomic E-state index is -0.603. The number of benzene rings is 1. The molecule has 2 bridgehead atoms. The maximum absolute atomic E-state index is 12.5. The predicted octanol–water partition coefficient (Wildman–Crippen LogP) is 1.64. The maximum atomic E-state index is 12.5. The number of aliphatic hydroxyl groups excluding tert-OH is 1. The summed E-state index contributed by atoms with van der Waals surface area (Å²) in [6.45, 7) is -0.232. The normalized spacial score (nSPS) is 36.3. The van der Waals surface area contributed by atoms with Gasteiger partial charge in [-0.05, 0) is 5.56 Å². The van der Waals surface area contributed by atoms with Crippen LogP contribution in [0, 0.1) is 0 Å². The summed E-state index contributed by atoms with van der Waals surface area (Å²) in [5, 5.41) is 9.59. The monoisotopic (exact) mass is 381 g/mol. The van der Waals surface area contributed by atoms with Gasteiger partial charge < -0.3 is 14.6 Å². The summed E-state index contributed by atoms with van der Waals surface area (Å²) in [4.78, 5) is 14.9. The van der Waals surface area contributed by atoms with Gasteiger partial charge >= 0.3 is 5.97 Å². The Balaban J connectivity index is 1.42. The number of aliphatic hydroxyl groups is 1. The van der Waals surface area contributed by atoms with Crippen LogP contribution in [0.1, 0.15) is 24.3 Å². The van der Waals surface area contributed by atoms with Crippen molar-refractivity contribution in [1.82, 2.24) is 4.90 Å². The third kappa shape index (κ3) is 2.71. The first kappa shape index (κ1) is 15.6. The summed E-state index contributed by atoms with van der Waals surface area (Å²) in [7, 11) is 0. The highest BCUT2D eigenvalue weighted by atomic mass is 79.9. The minimum Gasteiger partial charge on any atom is -0.462 e. The average molecular weight is 382 g/mol. The summed E-state index contributed by atoms with van der Waals surface area (Å²) < 4.78 is 11.4. The molecule has 0 radical (unpaired) electrons. The van der Waals surface area contributed by atoms with Crippen LogP contribution in [0.5, 0.6) is 0 Å². The molecular formula is C17H20BrNO4. The number of fused-ring (bicyclic) bond motifs is 5. The van der Waals surface area contributed by atoms with Crippen molar-refractivity contribution >= 4 is 21.9 Å². The fraction of sp³-hybridized carbons (Fsp3) is 0.588. The Kier molecular flexibility index (Phi) is 4.17. The molecule has 1 aromatic carbocycles. The van der Waals surface area contributed by atoms with E-state index in [0.717, 1.165) is 23.9 Å². The second-order valence-electron chi connectivity index (χ2n) is 6.51. The Morgan fingerprint density at radius 2 is 1.96 bits per heavy atom. The van der Waals surface area contributed by atoms with Gasteiger partial charge in [-0.1, -0.05) is 46.3 Å². The molecule has 3 aliphatic heterocycles. The van der Waals surface area contributed by atoms with Crippen molar-refractivity contribution in [3.05, 3.63) is 35.9 Å². The first-order valence-electron chi connectivity index (χ1n) is 8.06. The van der Waals surface area contributed by atoms with E-state index in [-0.39, 0.29) is 18.7 Å². The summed E-state index contributed by atoms with van der Waals surface area (Å²) >= 11 is 3.55. The zero-order valence-electron chi connectivity index (χ0n) is 12.7. The first-order chi connectivity index (χ1) is 11.2. The van der Waals surface area contributed by atoms with Crippen molar-refractivity contribution in [2.45, 2.75) is 49.2 Å². The Morgan fingerprint density at radius 3 is 2.52 bits per heavy atom. The van der Waals surface area contributed by atoms with Gasteiger partial charge in [0.25, 0.3) is 0 Å². The van der Waals surface area contributed by atoms with Gasteiger partial charge in [-0.15, -0.1) is 0 Å². The van der Waals surface area contributed by atoms with Gasteiger partial charge in [0, 0.05) is 24.9 Å². The highest BCUT2D eigenvalue weighted by Crippen LogP contribution is 2.49. The fourth-order valence-corrected chi connectivity index (χ4v) is 4.82. The third-order valence-electron chi connectivity index (χ3n) is 5.27. The van der Waals surface area contributed by atoms with Crippen molar-refractivity contribution in [2.75, 3.05) is 12.1 Å². The van der Waals surface area contributed by atoms with Crippen LogP contribution in [-0.2, 0) is 14.3 Å². The number of carbonyl (C=O) groups is 1. The smallest absolute Gasteiger partial charge is 0.316 e. The van der Waals surface area contributed by atoms with E-state index in [1.54, 1.807) is 0 Å². The highest BCUT2D eigenvalue weighted by molar-refractivity contribution is 9.09. The Bertz CT molecular complexity index is 565. The van der Waals surface area contributed by atoms with Crippen LogP contribution in [0.4, 0.5) is 0 Å². The molecule has 1 unspecified atom stereocenters. The van der Waals surface area contributed by atoms with Gasteiger partial charge in [0.15, 0.2) is 0 Å². The van der Waals surface area contributed by atoms with Gasteiger partial charge in [-0.3, -0.25) is 9.69 Å². The van der Waals surface area contributed by atoms with Crippen molar-refractivity contribution in [3.63, 3.8) is 0 Å². The number of ether oxygens (including phenoxy) is 2. The summed E-state index contributed by atoms with van der Waals surface area (Å²) in [5.41, 5.74) is 1.63. The predicted molar refractivity (Wildman–Crippen MR) is 87.3 cm³/mol. The third-order valence-corrected chi connectivity index (χ3v) is 5.85. The molecule has 124 valence electrons. The molecule has 3 heterocycles. The van der Waals surface area contributed by atoms with Crippen molar-refractivity contribution in [3.8, 4) is 0 Å². The molecule has 0 amide bonds. The number of morpholine rings is 1. The van der Waals surface area contributed by atoms with Crippen LogP contribution in [0.25, 0.3) is 0 Å². The van der Waals surface area contributed by atoms with Crippen LogP contribution >= 0.6 is 15.9 Å². The van der Waals surface area contributed by atoms with Crippen LogP contribution in [0.3, 0.4) is 0 Å². The van der Waals surface area contributed by atoms with Crippen LogP contribution in [0.15, 0.2) is 30.3 Å². The second-order valence-corrected chi connectivity index (χ2v) is 7.01. The fourth-order valence-electron chi connectivity index (χ4n) is 4.07. The van der Waals surface area contributed by atoms with Crippen molar-refractivity contribution < 1.29 is 19.4 Å². The maximum Gasteiger partial charge on any atom is 0.316 e. The lowest BCUT2D eigenvalue weighted by Gasteiger charge is -2.39. The van der Waals surface area contributed by atoms with E-state index in [4.69, 9.17) is 9.47 Å². The van der Waals surface area contributed by atoms with E-state index in [1.807, 2.05) is 30.3 Å². The molecule has 6 atom stereocenters. The molecular weight excluding hydrogens is 362 g/mol. The van der Waals surface area contributed by atoms with Gasteiger partial charge in [0.05, 0.1) is 12.1 Å². The van der Waals surface area contributed by atoms with E-state index < -0.39 is 5.92 Å². The van der Waals surface area contributed by atoms with Gasteiger partial charge in [-0.2, -0.15) is 0 Å². The lowest BCUT2D eigenvalue weighted by molar-refractivity contribution is -0.156. The Labute approximate surface area is 143 Å². The van der Waals surface area contributed by atoms with Gasteiger partial charge in [0.2, 0.25) is 0 Å². The zero-order chi connectivity index (χ0) is 16.0. The van der Waals surface area contributed by atoms with Crippen molar-refractivity contribution in [2.24, 2.45) is 0 Å². The molecule has 0 saturated carbocycles. The average Bonchev–Trinajstić information content (AvgIpc) is 3.32. The molecule has 5 nitrogen and oxygen atoms in total. The number of piperidine rings is 1. The van der Waals surface area contributed by atoms with Crippen LogP contribution < -0.4 is 0 Å². The van der Waals surface area contributed by atoms with E-state index in [1.165, 1.54) is 0 Å². The molecule has 3 saturated heterocycles. The standard InChI is InChI=1S/C17H20BrNO4/c18-9-19-13-6-11(7-14(19)16-15(13)23-16)22-17(21)12(8-20)10-4-2-1-3-5-10/h1-5,11-16,20H,6-9H2/t11?,12-,13-,14+,15+,16+/m0/s1. The summed E-state index contributed by atoms with van der Waals surface area (Å²) in [6, 6.07) is 9.99. The number of halogens is 1. The molecule has 3 fully saturated rings. The molecule has 0 aliphatic carbocycles. The van der Waals surface area contributed by atoms with Gasteiger partial charge in [0.1, 0.15) is 24.2 Å². The van der Waals surface area contributed by atoms with Gasteiger partial charge in [-0.25, -0.2) is 0 Å². The molecule has 1 N–H and O–H groups in total. The minimum absolute atomic E-state index is 0.0815. The van der Waals surface area contributed by atoms with E-state index >= 15 is 0 Å². The first-order valence-corrected chi connectivity index (χ1v) is 9.18. The number of nitrogens with zero attached hydrogens (tertiary/aromatic N) is 1.